The van der Waals surface area contributed by atoms with Gasteiger partial charge in [-0.1, -0.05) is 73.2 Å². The van der Waals surface area contributed by atoms with Crippen LogP contribution < -0.4 is 10.9 Å². The van der Waals surface area contributed by atoms with Gasteiger partial charge in [-0.25, -0.2) is 5.10 Å². The van der Waals surface area contributed by atoms with Gasteiger partial charge < -0.3 is 5.32 Å². The van der Waals surface area contributed by atoms with Crippen molar-refractivity contribution in [3.63, 3.8) is 0 Å². The van der Waals surface area contributed by atoms with E-state index in [9.17, 15) is 9.59 Å². The minimum Gasteiger partial charge on any atom is -0.345 e. The number of aromatic nitrogens is 2. The first kappa shape index (κ1) is 18.9. The summed E-state index contributed by atoms with van der Waals surface area (Å²) in [4.78, 5) is 26.0. The number of H-pyrrole nitrogens is 1. The van der Waals surface area contributed by atoms with Crippen LogP contribution in [0.1, 0.15) is 29.6 Å². The molecule has 2 N–H and O–H groups in total. The third kappa shape index (κ3) is 3.76. The Kier molecular flexibility index (Phi) is 5.38. The molecule has 2 aromatic carbocycles. The van der Waals surface area contributed by atoms with E-state index in [0.29, 0.717) is 17.2 Å². The molecular formula is C24H23N3O2. The maximum absolute atomic E-state index is 13.3. The van der Waals surface area contributed by atoms with Gasteiger partial charge in [0, 0.05) is 17.2 Å². The van der Waals surface area contributed by atoms with Gasteiger partial charge in [0.1, 0.15) is 5.56 Å². The molecule has 1 saturated carbocycles. The maximum atomic E-state index is 13.3. The lowest BCUT2D eigenvalue weighted by Gasteiger charge is -2.32. The zero-order valence-electron chi connectivity index (χ0n) is 16.1. The van der Waals surface area contributed by atoms with E-state index in [0.717, 1.165) is 30.4 Å². The van der Waals surface area contributed by atoms with Crippen LogP contribution in [0, 0.1) is 5.92 Å². The Morgan fingerprint density at radius 1 is 1.07 bits per heavy atom. The Hall–Kier alpha value is -3.47. The molecular weight excluding hydrogens is 362 g/mol. The molecule has 1 aromatic heterocycles. The summed E-state index contributed by atoms with van der Waals surface area (Å²) >= 11 is 0. The van der Waals surface area contributed by atoms with Gasteiger partial charge in [0.2, 0.25) is 0 Å². The van der Waals surface area contributed by atoms with E-state index >= 15 is 0 Å². The smallest absolute Gasteiger partial charge is 0.277 e. The van der Waals surface area contributed by atoms with Crippen LogP contribution in [0.15, 0.2) is 78.1 Å². The largest absolute Gasteiger partial charge is 0.345 e. The van der Waals surface area contributed by atoms with Gasteiger partial charge in [-0.15, -0.1) is 6.58 Å². The minimum absolute atomic E-state index is 0.0798. The molecule has 146 valence electrons. The molecule has 1 aliphatic carbocycles. The zero-order chi connectivity index (χ0) is 20.2. The van der Waals surface area contributed by atoms with Crippen molar-refractivity contribution < 1.29 is 4.79 Å². The summed E-state index contributed by atoms with van der Waals surface area (Å²) in [6, 6.07) is 18.8. The number of aromatic amines is 1. The van der Waals surface area contributed by atoms with Crippen LogP contribution in [-0.2, 0) is 0 Å². The zero-order valence-corrected chi connectivity index (χ0v) is 16.1. The summed E-state index contributed by atoms with van der Waals surface area (Å²) in [5.74, 6) is -0.0207. The van der Waals surface area contributed by atoms with Crippen LogP contribution in [0.2, 0.25) is 0 Å². The van der Waals surface area contributed by atoms with Crippen LogP contribution in [0.4, 0.5) is 0 Å². The van der Waals surface area contributed by atoms with Crippen molar-refractivity contribution in [1.82, 2.24) is 15.5 Å². The van der Waals surface area contributed by atoms with Crippen molar-refractivity contribution in [2.24, 2.45) is 5.92 Å². The summed E-state index contributed by atoms with van der Waals surface area (Å²) in [7, 11) is 0. The number of nitrogens with one attached hydrogen (secondary N) is 2. The van der Waals surface area contributed by atoms with Gasteiger partial charge in [0.15, 0.2) is 0 Å². The molecule has 1 unspecified atom stereocenters. The van der Waals surface area contributed by atoms with E-state index in [1.54, 1.807) is 6.08 Å². The molecule has 0 aliphatic heterocycles. The fourth-order valence-electron chi connectivity index (χ4n) is 3.75. The van der Waals surface area contributed by atoms with Crippen molar-refractivity contribution in [2.45, 2.75) is 25.3 Å². The molecule has 1 amide bonds. The monoisotopic (exact) mass is 385 g/mol. The molecule has 0 radical (unpaired) electrons. The van der Waals surface area contributed by atoms with Crippen molar-refractivity contribution >= 4 is 5.91 Å². The number of hydrogen-bond donors (Lipinski definition) is 2. The van der Waals surface area contributed by atoms with Crippen LogP contribution >= 0.6 is 0 Å². The van der Waals surface area contributed by atoms with Gasteiger partial charge in [-0.3, -0.25) is 9.59 Å². The fourth-order valence-corrected chi connectivity index (χ4v) is 3.75. The lowest BCUT2D eigenvalue weighted by atomic mass is 9.79. The van der Waals surface area contributed by atoms with Gasteiger partial charge in [-0.05, 0) is 24.3 Å². The van der Waals surface area contributed by atoms with E-state index in [-0.39, 0.29) is 11.6 Å². The second-order valence-corrected chi connectivity index (χ2v) is 7.31. The van der Waals surface area contributed by atoms with Crippen molar-refractivity contribution in [1.29, 1.82) is 0 Å². The van der Waals surface area contributed by atoms with Crippen molar-refractivity contribution in [3.8, 4) is 22.4 Å². The van der Waals surface area contributed by atoms with E-state index in [1.807, 2.05) is 60.7 Å². The molecule has 1 fully saturated rings. The van der Waals surface area contributed by atoms with E-state index in [2.05, 4.69) is 22.1 Å². The predicted octanol–water partition coefficient (Wildman–Crippen LogP) is 4.19. The summed E-state index contributed by atoms with van der Waals surface area (Å²) < 4.78 is 0. The Morgan fingerprint density at radius 2 is 1.69 bits per heavy atom. The average Bonchev–Trinajstić information content (AvgIpc) is 2.72. The first-order valence-electron chi connectivity index (χ1n) is 9.86. The molecule has 0 saturated heterocycles. The SMILES string of the molecule is C=CC(NC(=O)c1c(-c2ccccc2)c(-c2ccccc2)n[nH]c1=O)C1CCC1. The number of amides is 1. The Labute approximate surface area is 169 Å². The Morgan fingerprint density at radius 3 is 2.24 bits per heavy atom. The third-order valence-electron chi connectivity index (χ3n) is 5.53. The molecule has 5 heteroatoms. The topological polar surface area (TPSA) is 74.8 Å². The number of hydrogen-bond acceptors (Lipinski definition) is 3. The van der Waals surface area contributed by atoms with E-state index in [1.165, 1.54) is 0 Å². The summed E-state index contributed by atoms with van der Waals surface area (Å²) in [6.45, 7) is 3.87. The highest BCUT2D eigenvalue weighted by Gasteiger charge is 2.29. The van der Waals surface area contributed by atoms with Crippen LogP contribution in [0.5, 0.6) is 0 Å². The number of carbonyl (C=O) groups excluding carboxylic acids is 1. The number of benzene rings is 2. The molecule has 3 aromatic rings. The molecule has 29 heavy (non-hydrogen) atoms. The minimum atomic E-state index is -0.502. The Bertz CT molecular complexity index is 1070. The lowest BCUT2D eigenvalue weighted by molar-refractivity contribution is 0.0918. The molecule has 1 aliphatic rings. The quantitative estimate of drug-likeness (QED) is 0.625. The maximum Gasteiger partial charge on any atom is 0.277 e. The van der Waals surface area contributed by atoms with Crippen LogP contribution in [0.3, 0.4) is 0 Å². The molecule has 4 rings (SSSR count). The molecule has 0 bridgehead atoms. The van der Waals surface area contributed by atoms with Gasteiger partial charge in [-0.2, -0.15) is 5.10 Å². The summed E-state index contributed by atoms with van der Waals surface area (Å²) in [6.07, 6.45) is 5.04. The summed E-state index contributed by atoms with van der Waals surface area (Å²) in [5.41, 5.74) is 2.29. The summed E-state index contributed by atoms with van der Waals surface area (Å²) in [5, 5.41) is 9.82. The van der Waals surface area contributed by atoms with E-state index < -0.39 is 11.5 Å². The normalized spacial score (nSPS) is 14.6. The number of rotatable bonds is 6. The molecule has 5 nitrogen and oxygen atoms in total. The van der Waals surface area contributed by atoms with Gasteiger partial charge in [0.05, 0.1) is 5.69 Å². The average molecular weight is 385 g/mol. The third-order valence-corrected chi connectivity index (χ3v) is 5.53. The fraction of sp³-hybridized carbons (Fsp3) is 0.208. The second-order valence-electron chi connectivity index (χ2n) is 7.31. The lowest BCUT2D eigenvalue weighted by Crippen LogP contribution is -2.43. The predicted molar refractivity (Wildman–Crippen MR) is 115 cm³/mol. The first-order valence-corrected chi connectivity index (χ1v) is 9.86. The van der Waals surface area contributed by atoms with E-state index in [4.69, 9.17) is 0 Å². The highest BCUT2D eigenvalue weighted by molar-refractivity contribution is 6.03. The van der Waals surface area contributed by atoms with Gasteiger partial charge in [0.25, 0.3) is 11.5 Å². The molecule has 0 spiro atoms. The van der Waals surface area contributed by atoms with Gasteiger partial charge >= 0.3 is 0 Å². The van der Waals surface area contributed by atoms with Crippen LogP contribution in [0.25, 0.3) is 22.4 Å². The van der Waals surface area contributed by atoms with Crippen molar-refractivity contribution in [2.75, 3.05) is 0 Å². The number of nitrogens with zero attached hydrogens (tertiary/aromatic N) is 1. The second kappa shape index (κ2) is 8.27. The first-order chi connectivity index (χ1) is 14.2. The standard InChI is InChI=1S/C24H23N3O2/c1-2-19(16-14-9-15-16)25-23(28)21-20(17-10-5-3-6-11-17)22(26-27-24(21)29)18-12-7-4-8-13-18/h2-8,10-13,16,19H,1,9,14-15H2,(H,25,28)(H,27,29). The highest BCUT2D eigenvalue weighted by atomic mass is 16.2. The molecule has 1 atom stereocenters. The van der Waals surface area contributed by atoms with Crippen LogP contribution in [-0.4, -0.2) is 22.1 Å². The molecule has 1 heterocycles. The van der Waals surface area contributed by atoms with Crippen molar-refractivity contribution in [3.05, 3.63) is 89.2 Å². The Balaban J connectivity index is 1.85. The highest BCUT2D eigenvalue weighted by Crippen LogP contribution is 2.33. The number of carbonyl (C=O) groups is 1.